The summed E-state index contributed by atoms with van der Waals surface area (Å²) in [5, 5.41) is 2.23. The molecule has 0 saturated heterocycles. The van der Waals surface area contributed by atoms with Gasteiger partial charge in [-0.25, -0.2) is 4.98 Å². The van der Waals surface area contributed by atoms with Crippen LogP contribution in [-0.2, 0) is 11.0 Å². The van der Waals surface area contributed by atoms with Crippen LogP contribution in [0, 0.1) is 0 Å². The molecule has 3 rings (SSSR count). The van der Waals surface area contributed by atoms with Gasteiger partial charge in [-0.1, -0.05) is 54.2 Å². The van der Waals surface area contributed by atoms with Crippen LogP contribution in [0.5, 0.6) is 0 Å². The highest BCUT2D eigenvalue weighted by molar-refractivity contribution is 8.00. The molecular formula is C19H16F3N3OS. The molecule has 8 heteroatoms. The summed E-state index contributed by atoms with van der Waals surface area (Å²) >= 11 is 1.14. The number of alkyl halides is 3. The third kappa shape index (κ3) is 4.71. The number of thioether (sulfide) groups is 1. The van der Waals surface area contributed by atoms with Gasteiger partial charge in [0.1, 0.15) is 0 Å². The smallest absolute Gasteiger partial charge is 0.333 e. The van der Waals surface area contributed by atoms with Gasteiger partial charge in [0.2, 0.25) is 5.91 Å². The van der Waals surface area contributed by atoms with Crippen molar-refractivity contribution in [3.8, 4) is 11.3 Å². The van der Waals surface area contributed by atoms with E-state index in [2.05, 4.69) is 15.3 Å². The Hall–Kier alpha value is -2.74. The Labute approximate surface area is 158 Å². The number of H-pyrrole nitrogens is 1. The molecular weight excluding hydrogens is 375 g/mol. The summed E-state index contributed by atoms with van der Waals surface area (Å²) in [5.41, 5.74) is 0.618. The summed E-state index contributed by atoms with van der Waals surface area (Å²) in [4.78, 5) is 19.7. The maximum Gasteiger partial charge on any atom is 0.418 e. The number of nitrogens with one attached hydrogen (secondary N) is 2. The second-order valence-corrected chi connectivity index (χ2v) is 7.09. The summed E-state index contributed by atoms with van der Waals surface area (Å²) in [6, 6.07) is 14.4. The van der Waals surface area contributed by atoms with E-state index in [0.717, 1.165) is 29.1 Å². The van der Waals surface area contributed by atoms with E-state index in [-0.39, 0.29) is 5.69 Å². The molecule has 2 N–H and O–H groups in total. The maximum absolute atomic E-state index is 13.0. The topological polar surface area (TPSA) is 57.8 Å². The van der Waals surface area contributed by atoms with Gasteiger partial charge in [0.15, 0.2) is 5.16 Å². The van der Waals surface area contributed by atoms with Crippen molar-refractivity contribution >= 4 is 23.4 Å². The highest BCUT2D eigenvalue weighted by Crippen LogP contribution is 2.35. The van der Waals surface area contributed by atoms with Crippen LogP contribution in [0.25, 0.3) is 11.3 Å². The summed E-state index contributed by atoms with van der Waals surface area (Å²) in [6.45, 7) is 1.61. The average Bonchev–Trinajstić information content (AvgIpc) is 3.10. The minimum atomic E-state index is -4.54. The lowest BCUT2D eigenvalue weighted by molar-refractivity contribution is -0.137. The Morgan fingerprint density at radius 3 is 2.48 bits per heavy atom. The first-order chi connectivity index (χ1) is 12.8. The number of rotatable bonds is 5. The third-order valence-electron chi connectivity index (χ3n) is 3.79. The minimum absolute atomic E-state index is 0.258. The molecule has 0 aliphatic heterocycles. The van der Waals surface area contributed by atoms with E-state index in [1.807, 2.05) is 30.3 Å². The number of aromatic nitrogens is 2. The number of hydrogen-bond donors (Lipinski definition) is 2. The first kappa shape index (κ1) is 19.0. The van der Waals surface area contributed by atoms with Crippen LogP contribution in [0.1, 0.15) is 12.5 Å². The van der Waals surface area contributed by atoms with Crippen molar-refractivity contribution in [2.45, 2.75) is 23.5 Å². The molecule has 3 aromatic rings. The highest BCUT2D eigenvalue weighted by atomic mass is 32.2. The number of nitrogens with zero attached hydrogens (tertiary/aromatic N) is 1. The molecule has 0 saturated carbocycles. The number of carbonyl (C=O) groups is 1. The molecule has 4 nitrogen and oxygen atoms in total. The van der Waals surface area contributed by atoms with Crippen LogP contribution in [0.2, 0.25) is 0 Å². The number of amides is 1. The predicted molar refractivity (Wildman–Crippen MR) is 99.4 cm³/mol. The van der Waals surface area contributed by atoms with E-state index in [1.54, 1.807) is 13.1 Å². The normalized spacial score (nSPS) is 12.6. The fraction of sp³-hybridized carbons (Fsp3) is 0.158. The van der Waals surface area contributed by atoms with Gasteiger partial charge in [-0.05, 0) is 24.6 Å². The zero-order chi connectivity index (χ0) is 19.4. The van der Waals surface area contributed by atoms with Gasteiger partial charge in [-0.15, -0.1) is 0 Å². The van der Waals surface area contributed by atoms with Crippen LogP contribution in [0.15, 0.2) is 66.0 Å². The zero-order valence-corrected chi connectivity index (χ0v) is 15.1. The molecule has 0 fully saturated rings. The fourth-order valence-corrected chi connectivity index (χ4v) is 3.21. The molecule has 1 aromatic heterocycles. The fourth-order valence-electron chi connectivity index (χ4n) is 2.42. The minimum Gasteiger partial charge on any atom is -0.333 e. The molecule has 140 valence electrons. The number of para-hydroxylation sites is 1. The number of carbonyl (C=O) groups excluding carboxylic acids is 1. The molecule has 0 radical (unpaired) electrons. The lowest BCUT2D eigenvalue weighted by Gasteiger charge is -2.15. The van der Waals surface area contributed by atoms with Crippen LogP contribution in [0.3, 0.4) is 0 Å². The van der Waals surface area contributed by atoms with E-state index in [9.17, 15) is 18.0 Å². The Morgan fingerprint density at radius 1 is 1.11 bits per heavy atom. The van der Waals surface area contributed by atoms with Crippen molar-refractivity contribution in [2.75, 3.05) is 5.32 Å². The number of aromatic amines is 1. The largest absolute Gasteiger partial charge is 0.418 e. The van der Waals surface area contributed by atoms with E-state index in [4.69, 9.17) is 0 Å². The Kier molecular flexibility index (Phi) is 5.55. The van der Waals surface area contributed by atoms with Crippen LogP contribution in [0.4, 0.5) is 18.9 Å². The van der Waals surface area contributed by atoms with E-state index < -0.39 is 22.9 Å². The van der Waals surface area contributed by atoms with Crippen molar-refractivity contribution in [2.24, 2.45) is 0 Å². The number of anilines is 1. The quantitative estimate of drug-likeness (QED) is 0.587. The molecule has 1 atom stereocenters. The number of benzene rings is 2. The van der Waals surface area contributed by atoms with Gasteiger partial charge in [-0.3, -0.25) is 4.79 Å². The van der Waals surface area contributed by atoms with Crippen molar-refractivity contribution < 1.29 is 18.0 Å². The standard InChI is InChI=1S/C19H16F3N3OS/c1-12(17(26)24-15-10-6-5-9-14(15)19(20,21)22)27-18-23-11-16(25-18)13-7-3-2-4-8-13/h2-12H,1H3,(H,23,25)(H,24,26)/t12-/m1/s1. The molecule has 0 aliphatic rings. The molecule has 1 amide bonds. The average molecular weight is 391 g/mol. The Balaban J connectivity index is 1.68. The van der Waals surface area contributed by atoms with Gasteiger partial charge in [0.25, 0.3) is 0 Å². The Morgan fingerprint density at radius 2 is 1.78 bits per heavy atom. The van der Waals surface area contributed by atoms with Crippen molar-refractivity contribution in [1.29, 1.82) is 0 Å². The van der Waals surface area contributed by atoms with E-state index >= 15 is 0 Å². The molecule has 0 unspecified atom stereocenters. The summed E-state index contributed by atoms with van der Waals surface area (Å²) in [5.74, 6) is -0.533. The van der Waals surface area contributed by atoms with E-state index in [0.29, 0.717) is 5.16 Å². The highest BCUT2D eigenvalue weighted by Gasteiger charge is 2.34. The third-order valence-corrected chi connectivity index (χ3v) is 4.78. The second-order valence-electron chi connectivity index (χ2n) is 5.76. The number of imidazole rings is 1. The lowest BCUT2D eigenvalue weighted by atomic mass is 10.1. The van der Waals surface area contributed by atoms with Crippen molar-refractivity contribution in [1.82, 2.24) is 9.97 Å². The molecule has 0 aliphatic carbocycles. The first-order valence-corrected chi connectivity index (χ1v) is 8.97. The number of hydrogen-bond acceptors (Lipinski definition) is 3. The van der Waals surface area contributed by atoms with Crippen LogP contribution >= 0.6 is 11.8 Å². The van der Waals surface area contributed by atoms with Gasteiger partial charge < -0.3 is 10.3 Å². The zero-order valence-electron chi connectivity index (χ0n) is 14.2. The van der Waals surface area contributed by atoms with Gasteiger partial charge in [0.05, 0.1) is 28.4 Å². The molecule has 27 heavy (non-hydrogen) atoms. The lowest BCUT2D eigenvalue weighted by Crippen LogP contribution is -2.24. The van der Waals surface area contributed by atoms with Crippen LogP contribution < -0.4 is 5.32 Å². The SMILES string of the molecule is C[C@@H](Sc1ncc(-c2ccccc2)[nH]1)C(=O)Nc1ccccc1C(F)(F)F. The van der Waals surface area contributed by atoms with Crippen LogP contribution in [-0.4, -0.2) is 21.1 Å². The molecule has 1 heterocycles. The summed E-state index contributed by atoms with van der Waals surface area (Å²) in [7, 11) is 0. The van der Waals surface area contributed by atoms with Gasteiger partial charge in [0, 0.05) is 0 Å². The molecule has 0 spiro atoms. The van der Waals surface area contributed by atoms with Crippen molar-refractivity contribution in [3.05, 3.63) is 66.4 Å². The monoisotopic (exact) mass is 391 g/mol. The van der Waals surface area contributed by atoms with Gasteiger partial charge >= 0.3 is 6.18 Å². The van der Waals surface area contributed by atoms with Gasteiger partial charge in [-0.2, -0.15) is 13.2 Å². The summed E-state index contributed by atoms with van der Waals surface area (Å²) in [6.07, 6.45) is -2.88. The first-order valence-electron chi connectivity index (χ1n) is 8.09. The second kappa shape index (κ2) is 7.87. The predicted octanol–water partition coefficient (Wildman–Crippen LogP) is 5.21. The van der Waals surface area contributed by atoms with E-state index in [1.165, 1.54) is 18.2 Å². The van der Waals surface area contributed by atoms with Crippen molar-refractivity contribution in [3.63, 3.8) is 0 Å². The molecule has 2 aromatic carbocycles. The number of halogens is 3. The molecule has 0 bridgehead atoms. The summed E-state index contributed by atoms with van der Waals surface area (Å²) < 4.78 is 39.1. The Bertz CT molecular complexity index is 925. The maximum atomic E-state index is 13.0.